The zero-order valence-corrected chi connectivity index (χ0v) is 12.7. The monoisotopic (exact) mass is 278 g/mol. The van der Waals surface area contributed by atoms with Crippen molar-refractivity contribution in [2.45, 2.75) is 25.8 Å². The fourth-order valence-corrected chi connectivity index (χ4v) is 2.75. The maximum absolute atomic E-state index is 5.40. The van der Waals surface area contributed by atoms with Crippen LogP contribution in [0.4, 0.5) is 0 Å². The lowest BCUT2D eigenvalue weighted by Gasteiger charge is -2.16. The average molecular weight is 278 g/mol. The summed E-state index contributed by atoms with van der Waals surface area (Å²) in [6.07, 6.45) is 3.93. The highest BCUT2D eigenvalue weighted by molar-refractivity contribution is 5.44. The second kappa shape index (κ2) is 8.12. The summed E-state index contributed by atoms with van der Waals surface area (Å²) in [5.74, 6) is 1.77. The van der Waals surface area contributed by atoms with Gasteiger partial charge in [-0.05, 0) is 57.6 Å². The third kappa shape index (κ3) is 4.12. The van der Waals surface area contributed by atoms with Crippen molar-refractivity contribution >= 4 is 0 Å². The number of methoxy groups -OCH3 is 2. The number of benzene rings is 1. The Bertz CT molecular complexity index is 381. The Labute approximate surface area is 122 Å². The van der Waals surface area contributed by atoms with E-state index in [-0.39, 0.29) is 0 Å². The largest absolute Gasteiger partial charge is 0.496 e. The van der Waals surface area contributed by atoms with Crippen LogP contribution in [0.15, 0.2) is 18.2 Å². The molecular weight excluding hydrogens is 252 g/mol. The van der Waals surface area contributed by atoms with Gasteiger partial charge in [-0.2, -0.15) is 0 Å². The molecule has 1 aromatic rings. The van der Waals surface area contributed by atoms with Gasteiger partial charge in [-0.25, -0.2) is 0 Å². The van der Waals surface area contributed by atoms with Crippen LogP contribution in [0.1, 0.15) is 24.8 Å². The number of rotatable bonds is 8. The first-order valence-corrected chi connectivity index (χ1v) is 7.48. The van der Waals surface area contributed by atoms with Gasteiger partial charge in [0.15, 0.2) is 0 Å². The van der Waals surface area contributed by atoms with E-state index in [1.54, 1.807) is 14.2 Å². The molecule has 1 aliphatic rings. The van der Waals surface area contributed by atoms with Crippen molar-refractivity contribution in [3.8, 4) is 11.5 Å². The summed E-state index contributed by atoms with van der Waals surface area (Å²) < 4.78 is 10.8. The number of hydrogen-bond donors (Lipinski definition) is 1. The second-order valence-corrected chi connectivity index (χ2v) is 5.22. The summed E-state index contributed by atoms with van der Waals surface area (Å²) in [4.78, 5) is 2.55. The van der Waals surface area contributed by atoms with Crippen molar-refractivity contribution in [3.05, 3.63) is 23.8 Å². The van der Waals surface area contributed by atoms with Crippen LogP contribution in [0.25, 0.3) is 0 Å². The van der Waals surface area contributed by atoms with Crippen molar-refractivity contribution < 1.29 is 9.47 Å². The molecule has 0 amide bonds. The van der Waals surface area contributed by atoms with Gasteiger partial charge in [0.25, 0.3) is 0 Å². The van der Waals surface area contributed by atoms with Crippen LogP contribution in [0, 0.1) is 0 Å². The Morgan fingerprint density at radius 1 is 1.10 bits per heavy atom. The average Bonchev–Trinajstić information content (AvgIpc) is 3.00. The third-order valence-electron chi connectivity index (χ3n) is 3.86. The van der Waals surface area contributed by atoms with E-state index in [1.807, 2.05) is 18.2 Å². The molecule has 20 heavy (non-hydrogen) atoms. The molecule has 0 atom stereocenters. The maximum atomic E-state index is 5.40. The van der Waals surface area contributed by atoms with Crippen LogP contribution >= 0.6 is 0 Å². The molecule has 2 rings (SSSR count). The van der Waals surface area contributed by atoms with E-state index in [1.165, 1.54) is 38.9 Å². The zero-order valence-electron chi connectivity index (χ0n) is 12.7. The molecule has 0 saturated carbocycles. The maximum Gasteiger partial charge on any atom is 0.127 e. The van der Waals surface area contributed by atoms with Gasteiger partial charge in [0.05, 0.1) is 14.2 Å². The second-order valence-electron chi connectivity index (χ2n) is 5.22. The minimum atomic E-state index is 0.785. The zero-order chi connectivity index (χ0) is 14.2. The van der Waals surface area contributed by atoms with Crippen LogP contribution < -0.4 is 14.8 Å². The number of nitrogens with zero attached hydrogens (tertiary/aromatic N) is 1. The molecule has 0 aliphatic carbocycles. The van der Waals surface area contributed by atoms with E-state index in [9.17, 15) is 0 Å². The lowest BCUT2D eigenvalue weighted by atomic mass is 10.1. The fourth-order valence-electron chi connectivity index (χ4n) is 2.75. The van der Waals surface area contributed by atoms with Crippen molar-refractivity contribution in [3.63, 3.8) is 0 Å². The summed E-state index contributed by atoms with van der Waals surface area (Å²) in [6, 6.07) is 5.90. The molecular formula is C16H26N2O2. The molecule has 1 heterocycles. The van der Waals surface area contributed by atoms with E-state index in [2.05, 4.69) is 10.2 Å². The molecule has 1 aliphatic heterocycles. The standard InChI is InChI=1S/C16H26N2O2/c1-19-15-7-5-8-16(20-2)14(15)13-17-9-6-12-18-10-3-4-11-18/h5,7-8,17H,3-4,6,9-13H2,1-2H3. The van der Waals surface area contributed by atoms with Gasteiger partial charge < -0.3 is 19.7 Å². The minimum Gasteiger partial charge on any atom is -0.496 e. The van der Waals surface area contributed by atoms with E-state index in [0.717, 1.165) is 30.2 Å². The van der Waals surface area contributed by atoms with Crippen molar-refractivity contribution in [2.75, 3.05) is 40.4 Å². The van der Waals surface area contributed by atoms with Crippen LogP contribution in [-0.2, 0) is 6.54 Å². The molecule has 4 heteroatoms. The molecule has 0 unspecified atom stereocenters. The summed E-state index contributed by atoms with van der Waals surface area (Å²) in [6.45, 7) is 5.57. The molecule has 0 aromatic heterocycles. The molecule has 4 nitrogen and oxygen atoms in total. The van der Waals surface area contributed by atoms with Crippen LogP contribution in [0.5, 0.6) is 11.5 Å². The topological polar surface area (TPSA) is 33.7 Å². The summed E-state index contributed by atoms with van der Waals surface area (Å²) in [5.41, 5.74) is 1.10. The van der Waals surface area contributed by atoms with Crippen molar-refractivity contribution in [2.24, 2.45) is 0 Å². The first-order chi connectivity index (χ1) is 9.85. The van der Waals surface area contributed by atoms with Gasteiger partial charge in [-0.15, -0.1) is 0 Å². The van der Waals surface area contributed by atoms with E-state index >= 15 is 0 Å². The lowest BCUT2D eigenvalue weighted by Crippen LogP contribution is -2.24. The first kappa shape index (κ1) is 15.1. The predicted octanol–water partition coefficient (Wildman–Crippen LogP) is 2.28. The van der Waals surface area contributed by atoms with Gasteiger partial charge in [0.2, 0.25) is 0 Å². The lowest BCUT2D eigenvalue weighted by molar-refractivity contribution is 0.330. The number of hydrogen-bond acceptors (Lipinski definition) is 4. The fraction of sp³-hybridized carbons (Fsp3) is 0.625. The SMILES string of the molecule is COc1cccc(OC)c1CNCCCN1CCCC1. The molecule has 1 saturated heterocycles. The van der Waals surface area contributed by atoms with Gasteiger partial charge in [-0.3, -0.25) is 0 Å². The highest BCUT2D eigenvalue weighted by Gasteiger charge is 2.11. The molecule has 0 spiro atoms. The van der Waals surface area contributed by atoms with Gasteiger partial charge in [-0.1, -0.05) is 6.07 Å². The number of nitrogens with one attached hydrogen (secondary N) is 1. The Hall–Kier alpha value is -1.26. The van der Waals surface area contributed by atoms with E-state index < -0.39 is 0 Å². The van der Waals surface area contributed by atoms with Crippen molar-refractivity contribution in [1.82, 2.24) is 10.2 Å². The Kier molecular flexibility index (Phi) is 6.15. The van der Waals surface area contributed by atoms with Gasteiger partial charge >= 0.3 is 0 Å². The summed E-state index contributed by atoms with van der Waals surface area (Å²) in [5, 5.41) is 3.49. The van der Waals surface area contributed by atoms with Gasteiger partial charge in [0.1, 0.15) is 11.5 Å². The summed E-state index contributed by atoms with van der Waals surface area (Å²) >= 11 is 0. The third-order valence-corrected chi connectivity index (χ3v) is 3.86. The first-order valence-electron chi connectivity index (χ1n) is 7.48. The number of ether oxygens (including phenoxy) is 2. The van der Waals surface area contributed by atoms with Crippen LogP contribution in [0.3, 0.4) is 0 Å². The molecule has 1 fully saturated rings. The summed E-state index contributed by atoms with van der Waals surface area (Å²) in [7, 11) is 3.40. The Morgan fingerprint density at radius 2 is 1.75 bits per heavy atom. The minimum absolute atomic E-state index is 0.785. The van der Waals surface area contributed by atoms with Gasteiger partial charge in [0, 0.05) is 12.1 Å². The normalized spacial score (nSPS) is 15.5. The molecule has 1 N–H and O–H groups in total. The molecule has 1 aromatic carbocycles. The highest BCUT2D eigenvalue weighted by Crippen LogP contribution is 2.27. The molecule has 0 bridgehead atoms. The highest BCUT2D eigenvalue weighted by atomic mass is 16.5. The molecule has 0 radical (unpaired) electrons. The Balaban J connectivity index is 1.75. The van der Waals surface area contributed by atoms with Crippen molar-refractivity contribution in [1.29, 1.82) is 0 Å². The number of likely N-dealkylation sites (tertiary alicyclic amines) is 1. The smallest absolute Gasteiger partial charge is 0.127 e. The van der Waals surface area contributed by atoms with E-state index in [4.69, 9.17) is 9.47 Å². The van der Waals surface area contributed by atoms with Crippen LogP contribution in [-0.4, -0.2) is 45.3 Å². The predicted molar refractivity (Wildman–Crippen MR) is 81.5 cm³/mol. The quantitative estimate of drug-likeness (QED) is 0.740. The molecule has 112 valence electrons. The Morgan fingerprint density at radius 3 is 2.35 bits per heavy atom. The van der Waals surface area contributed by atoms with E-state index in [0.29, 0.717) is 0 Å². The van der Waals surface area contributed by atoms with Crippen LogP contribution in [0.2, 0.25) is 0 Å².